The number of rotatable bonds is 3. The van der Waals surface area contributed by atoms with E-state index < -0.39 is 0 Å². The van der Waals surface area contributed by atoms with E-state index in [0.717, 1.165) is 41.8 Å². The molecule has 1 fully saturated rings. The van der Waals surface area contributed by atoms with E-state index in [4.69, 9.17) is 11.6 Å². The molecule has 1 aliphatic rings. The lowest BCUT2D eigenvalue weighted by molar-refractivity contribution is 0.266. The number of nitrogens with zero attached hydrogens (tertiary/aromatic N) is 3. The van der Waals surface area contributed by atoms with Crippen LogP contribution in [-0.4, -0.2) is 28.1 Å². The third kappa shape index (κ3) is 3.19. The van der Waals surface area contributed by atoms with Crippen LogP contribution >= 0.6 is 11.6 Å². The number of aromatic nitrogens is 3. The highest BCUT2D eigenvalue weighted by atomic mass is 35.5. The first-order chi connectivity index (χ1) is 9.70. The van der Waals surface area contributed by atoms with Crippen LogP contribution in [0, 0.1) is 11.8 Å². The number of nitrogens with one attached hydrogen (secondary N) is 1. The monoisotopic (exact) mass is 290 g/mol. The van der Waals surface area contributed by atoms with Gasteiger partial charge in [-0.25, -0.2) is 0 Å². The summed E-state index contributed by atoms with van der Waals surface area (Å²) in [6, 6.07) is 7.72. The molecule has 20 heavy (non-hydrogen) atoms. The summed E-state index contributed by atoms with van der Waals surface area (Å²) < 4.78 is 1.95. The molecule has 2 atom stereocenters. The fourth-order valence-corrected chi connectivity index (χ4v) is 3.03. The standard InChI is InChI=1S/C15H19ClN4/c1-11-5-12(8-17-7-11)9-20-10-15(18-19-20)13-3-2-4-14(16)6-13/h2-4,6,10-12,17H,5,7-9H2,1H3. The third-order valence-electron chi connectivity index (χ3n) is 3.77. The van der Waals surface area contributed by atoms with Gasteiger partial charge in [0.05, 0.1) is 6.20 Å². The van der Waals surface area contributed by atoms with E-state index in [0.29, 0.717) is 5.92 Å². The molecule has 0 saturated carbocycles. The van der Waals surface area contributed by atoms with Crippen LogP contribution in [0.15, 0.2) is 30.5 Å². The summed E-state index contributed by atoms with van der Waals surface area (Å²) in [5.74, 6) is 1.37. The van der Waals surface area contributed by atoms with Crippen LogP contribution in [0.5, 0.6) is 0 Å². The van der Waals surface area contributed by atoms with Crippen molar-refractivity contribution < 1.29 is 0 Å². The summed E-state index contributed by atoms with van der Waals surface area (Å²) in [5.41, 5.74) is 1.89. The van der Waals surface area contributed by atoms with Gasteiger partial charge in [-0.15, -0.1) is 5.10 Å². The van der Waals surface area contributed by atoms with Crippen molar-refractivity contribution in [1.29, 1.82) is 0 Å². The van der Waals surface area contributed by atoms with Crippen LogP contribution in [0.1, 0.15) is 13.3 Å². The average molecular weight is 291 g/mol. The number of piperidine rings is 1. The number of hydrogen-bond acceptors (Lipinski definition) is 3. The van der Waals surface area contributed by atoms with Crippen molar-refractivity contribution >= 4 is 11.6 Å². The van der Waals surface area contributed by atoms with Crippen LogP contribution in [0.2, 0.25) is 5.02 Å². The number of hydrogen-bond donors (Lipinski definition) is 1. The molecule has 106 valence electrons. The largest absolute Gasteiger partial charge is 0.316 e. The normalized spacial score (nSPS) is 22.9. The summed E-state index contributed by atoms with van der Waals surface area (Å²) in [7, 11) is 0. The minimum atomic E-state index is 0.632. The average Bonchev–Trinajstić information content (AvgIpc) is 2.87. The minimum Gasteiger partial charge on any atom is -0.316 e. The van der Waals surface area contributed by atoms with E-state index in [1.807, 2.05) is 35.1 Å². The molecular weight excluding hydrogens is 272 g/mol. The van der Waals surface area contributed by atoms with Crippen molar-refractivity contribution in [2.45, 2.75) is 19.9 Å². The number of halogens is 1. The van der Waals surface area contributed by atoms with Crippen LogP contribution in [0.3, 0.4) is 0 Å². The Bertz CT molecular complexity index is 581. The molecule has 2 heterocycles. The van der Waals surface area contributed by atoms with Crippen LogP contribution in [0.25, 0.3) is 11.3 Å². The van der Waals surface area contributed by atoms with Crippen LogP contribution < -0.4 is 5.32 Å². The Balaban J connectivity index is 1.70. The van der Waals surface area contributed by atoms with E-state index in [1.54, 1.807) is 0 Å². The molecule has 0 spiro atoms. The Hall–Kier alpha value is -1.39. The lowest BCUT2D eigenvalue weighted by Crippen LogP contribution is -2.37. The van der Waals surface area contributed by atoms with Crippen molar-refractivity contribution in [3.63, 3.8) is 0 Å². The highest BCUT2D eigenvalue weighted by molar-refractivity contribution is 6.30. The molecule has 2 aromatic rings. The maximum atomic E-state index is 6.01. The lowest BCUT2D eigenvalue weighted by atomic mass is 9.92. The zero-order valence-electron chi connectivity index (χ0n) is 11.6. The summed E-state index contributed by atoms with van der Waals surface area (Å²) in [4.78, 5) is 0. The van der Waals surface area contributed by atoms with Gasteiger partial charge in [0.15, 0.2) is 0 Å². The van der Waals surface area contributed by atoms with Gasteiger partial charge in [-0.3, -0.25) is 4.68 Å². The maximum Gasteiger partial charge on any atom is 0.113 e. The molecule has 1 aromatic heterocycles. The zero-order valence-corrected chi connectivity index (χ0v) is 12.3. The Kier molecular flexibility index (Phi) is 4.03. The minimum absolute atomic E-state index is 0.632. The second-order valence-electron chi connectivity index (χ2n) is 5.70. The Morgan fingerprint density at radius 1 is 1.40 bits per heavy atom. The van der Waals surface area contributed by atoms with E-state index in [-0.39, 0.29) is 0 Å². The predicted molar refractivity (Wildman–Crippen MR) is 80.6 cm³/mol. The molecule has 0 aliphatic carbocycles. The quantitative estimate of drug-likeness (QED) is 0.945. The maximum absolute atomic E-state index is 6.01. The molecule has 3 rings (SSSR count). The summed E-state index contributed by atoms with van der Waals surface area (Å²) in [6.45, 7) is 5.40. The van der Waals surface area contributed by atoms with Crippen molar-refractivity contribution in [1.82, 2.24) is 20.3 Å². The van der Waals surface area contributed by atoms with Gasteiger partial charge >= 0.3 is 0 Å². The topological polar surface area (TPSA) is 42.7 Å². The van der Waals surface area contributed by atoms with Crippen molar-refractivity contribution in [2.24, 2.45) is 11.8 Å². The fourth-order valence-electron chi connectivity index (χ4n) is 2.84. The molecular formula is C15H19ClN4. The first-order valence-corrected chi connectivity index (χ1v) is 7.45. The molecule has 4 nitrogen and oxygen atoms in total. The highest BCUT2D eigenvalue weighted by Gasteiger charge is 2.19. The Morgan fingerprint density at radius 2 is 2.30 bits per heavy atom. The van der Waals surface area contributed by atoms with Crippen molar-refractivity contribution in [3.8, 4) is 11.3 Å². The zero-order chi connectivity index (χ0) is 13.9. The van der Waals surface area contributed by atoms with Gasteiger partial charge < -0.3 is 5.32 Å². The summed E-state index contributed by atoms with van der Waals surface area (Å²) in [6.07, 6.45) is 3.25. The van der Waals surface area contributed by atoms with E-state index in [1.165, 1.54) is 6.42 Å². The van der Waals surface area contributed by atoms with E-state index in [9.17, 15) is 0 Å². The Morgan fingerprint density at radius 3 is 3.10 bits per heavy atom. The molecule has 1 saturated heterocycles. The van der Waals surface area contributed by atoms with Crippen molar-refractivity contribution in [3.05, 3.63) is 35.5 Å². The SMILES string of the molecule is CC1CNCC(Cn2cc(-c3cccc(Cl)c3)nn2)C1. The molecule has 0 bridgehead atoms. The van der Waals surface area contributed by atoms with Gasteiger partial charge in [0.1, 0.15) is 5.69 Å². The van der Waals surface area contributed by atoms with Gasteiger partial charge in [-0.05, 0) is 43.5 Å². The molecule has 1 aliphatic heterocycles. The summed E-state index contributed by atoms with van der Waals surface area (Å²) >= 11 is 6.01. The third-order valence-corrected chi connectivity index (χ3v) is 4.00. The summed E-state index contributed by atoms with van der Waals surface area (Å²) in [5, 5.41) is 12.7. The lowest BCUT2D eigenvalue weighted by Gasteiger charge is -2.27. The van der Waals surface area contributed by atoms with Crippen LogP contribution in [0.4, 0.5) is 0 Å². The molecule has 2 unspecified atom stereocenters. The first kappa shape index (κ1) is 13.6. The van der Waals surface area contributed by atoms with Gasteiger partial charge in [-0.1, -0.05) is 35.9 Å². The molecule has 0 radical (unpaired) electrons. The second kappa shape index (κ2) is 5.94. The van der Waals surface area contributed by atoms with Gasteiger partial charge in [0.25, 0.3) is 0 Å². The van der Waals surface area contributed by atoms with Crippen LogP contribution in [-0.2, 0) is 6.54 Å². The second-order valence-corrected chi connectivity index (χ2v) is 6.14. The van der Waals surface area contributed by atoms with Gasteiger partial charge in [0.2, 0.25) is 0 Å². The smallest absolute Gasteiger partial charge is 0.113 e. The number of benzene rings is 1. The van der Waals surface area contributed by atoms with E-state index in [2.05, 4.69) is 22.6 Å². The molecule has 5 heteroatoms. The van der Waals surface area contributed by atoms with Gasteiger partial charge in [-0.2, -0.15) is 0 Å². The highest BCUT2D eigenvalue weighted by Crippen LogP contribution is 2.21. The molecule has 1 N–H and O–H groups in total. The van der Waals surface area contributed by atoms with E-state index >= 15 is 0 Å². The predicted octanol–water partition coefficient (Wildman–Crippen LogP) is 2.84. The molecule has 0 amide bonds. The Labute approximate surface area is 124 Å². The van der Waals surface area contributed by atoms with Gasteiger partial charge in [0, 0.05) is 17.1 Å². The first-order valence-electron chi connectivity index (χ1n) is 7.07. The fraction of sp³-hybridized carbons (Fsp3) is 0.467. The molecule has 1 aromatic carbocycles. The van der Waals surface area contributed by atoms with Crippen molar-refractivity contribution in [2.75, 3.05) is 13.1 Å².